The Bertz CT molecular complexity index is 552. The van der Waals surface area contributed by atoms with E-state index in [4.69, 9.17) is 4.55 Å². The number of rotatable bonds is 2. The highest BCUT2D eigenvalue weighted by atomic mass is 32.2. The van der Waals surface area contributed by atoms with E-state index < -0.39 is 51.0 Å². The summed E-state index contributed by atoms with van der Waals surface area (Å²) in [7, 11) is -6.94. The van der Waals surface area contributed by atoms with Crippen molar-refractivity contribution in [1.82, 2.24) is 0 Å². The SMILES string of the molecule is O=S(=O)(O)C(F)(F)C1(F)C=CC(F)(F)C(F)(F)C1(F)F. The zero-order valence-corrected chi connectivity index (χ0v) is 9.54. The van der Waals surface area contributed by atoms with Crippen LogP contribution < -0.4 is 0 Å². The van der Waals surface area contributed by atoms with Gasteiger partial charge in [-0.15, -0.1) is 0 Å². The van der Waals surface area contributed by atoms with Crippen LogP contribution in [0.4, 0.5) is 39.5 Å². The number of hydrogen-bond donors (Lipinski definition) is 1. The quantitative estimate of drug-likeness (QED) is 0.478. The van der Waals surface area contributed by atoms with Crippen LogP contribution in [-0.4, -0.2) is 41.7 Å². The first-order valence-electron chi connectivity index (χ1n) is 4.33. The van der Waals surface area contributed by atoms with Gasteiger partial charge in [0.05, 0.1) is 0 Å². The fraction of sp³-hybridized carbons (Fsp3) is 0.714. The molecule has 20 heavy (non-hydrogen) atoms. The second-order valence-electron chi connectivity index (χ2n) is 3.81. The molecule has 0 saturated carbocycles. The standard InChI is InChI=1S/C7H3F9O3S/c8-3(7(15,16)20(17,18)19)1-2-4(9,10)6(13,14)5(3,11)12/h1-2H,(H,17,18,19). The zero-order valence-electron chi connectivity index (χ0n) is 8.73. The third-order valence-corrected chi connectivity index (χ3v) is 3.48. The van der Waals surface area contributed by atoms with Gasteiger partial charge in [0.15, 0.2) is 0 Å². The van der Waals surface area contributed by atoms with E-state index in [0.717, 1.165) is 0 Å². The lowest BCUT2D eigenvalue weighted by atomic mass is 9.83. The summed E-state index contributed by atoms with van der Waals surface area (Å²) in [4.78, 5) is 0. The molecule has 0 bridgehead atoms. The molecule has 1 N–H and O–H groups in total. The summed E-state index contributed by atoms with van der Waals surface area (Å²) >= 11 is 0. The fourth-order valence-corrected chi connectivity index (χ4v) is 1.91. The number of alkyl halides is 9. The van der Waals surface area contributed by atoms with Gasteiger partial charge < -0.3 is 0 Å². The summed E-state index contributed by atoms with van der Waals surface area (Å²) < 4.78 is 145. The second kappa shape index (κ2) is 3.81. The average molecular weight is 338 g/mol. The van der Waals surface area contributed by atoms with Crippen LogP contribution in [0.25, 0.3) is 0 Å². The lowest BCUT2D eigenvalue weighted by Crippen LogP contribution is -2.71. The highest BCUT2D eigenvalue weighted by Gasteiger charge is 2.88. The first-order chi connectivity index (χ1) is 8.46. The highest BCUT2D eigenvalue weighted by molar-refractivity contribution is 7.87. The Kier molecular flexibility index (Phi) is 3.25. The van der Waals surface area contributed by atoms with E-state index in [1.165, 1.54) is 0 Å². The summed E-state index contributed by atoms with van der Waals surface area (Å²) in [5.41, 5.74) is -6.07. The van der Waals surface area contributed by atoms with Crippen LogP contribution in [0.5, 0.6) is 0 Å². The van der Waals surface area contributed by atoms with Crippen LogP contribution in [0.2, 0.25) is 0 Å². The molecular weight excluding hydrogens is 335 g/mol. The van der Waals surface area contributed by atoms with Crippen molar-refractivity contribution >= 4 is 10.1 Å². The van der Waals surface area contributed by atoms with Gasteiger partial charge in [-0.2, -0.15) is 43.5 Å². The van der Waals surface area contributed by atoms with Crippen molar-refractivity contribution in [1.29, 1.82) is 0 Å². The van der Waals surface area contributed by atoms with E-state index in [-0.39, 0.29) is 0 Å². The Labute approximate surface area is 104 Å². The van der Waals surface area contributed by atoms with Crippen molar-refractivity contribution in [3.63, 3.8) is 0 Å². The molecule has 0 fully saturated rings. The maximum atomic E-state index is 13.5. The molecule has 0 saturated heterocycles. The Morgan fingerprint density at radius 3 is 1.60 bits per heavy atom. The maximum absolute atomic E-state index is 13.5. The molecule has 13 heteroatoms. The Morgan fingerprint density at radius 2 is 1.25 bits per heavy atom. The summed E-state index contributed by atoms with van der Waals surface area (Å²) in [6.45, 7) is 0. The van der Waals surface area contributed by atoms with E-state index in [2.05, 4.69) is 0 Å². The first kappa shape index (κ1) is 17.1. The first-order valence-corrected chi connectivity index (χ1v) is 5.77. The monoisotopic (exact) mass is 338 g/mol. The summed E-state index contributed by atoms with van der Waals surface area (Å²) in [6, 6.07) is 0. The molecule has 3 nitrogen and oxygen atoms in total. The van der Waals surface area contributed by atoms with E-state index in [1.54, 1.807) is 0 Å². The third kappa shape index (κ3) is 1.68. The Balaban J connectivity index is 3.71. The van der Waals surface area contributed by atoms with Crippen molar-refractivity contribution in [2.45, 2.75) is 28.7 Å². The summed E-state index contributed by atoms with van der Waals surface area (Å²) in [5, 5.41) is -6.49. The van der Waals surface area contributed by atoms with E-state index in [9.17, 15) is 47.9 Å². The molecule has 1 atom stereocenters. The van der Waals surface area contributed by atoms with Crippen molar-refractivity contribution in [3.05, 3.63) is 12.2 Å². The van der Waals surface area contributed by atoms with Crippen LogP contribution in [0, 0.1) is 0 Å². The number of halogens is 9. The van der Waals surface area contributed by atoms with Crippen LogP contribution in [0.3, 0.4) is 0 Å². The number of hydrogen-bond acceptors (Lipinski definition) is 2. The smallest absolute Gasteiger partial charge is 0.281 e. The van der Waals surface area contributed by atoms with Crippen LogP contribution >= 0.6 is 0 Å². The molecule has 0 amide bonds. The van der Waals surface area contributed by atoms with E-state index in [0.29, 0.717) is 0 Å². The molecule has 0 aromatic rings. The normalized spacial score (nSPS) is 32.1. The predicted octanol–water partition coefficient (Wildman–Crippen LogP) is 2.65. The minimum atomic E-state index is -6.94. The lowest BCUT2D eigenvalue weighted by molar-refractivity contribution is -0.348. The second-order valence-corrected chi connectivity index (χ2v) is 5.27. The van der Waals surface area contributed by atoms with Crippen molar-refractivity contribution < 1.29 is 52.5 Å². The topological polar surface area (TPSA) is 54.4 Å². The largest absolute Gasteiger partial charge is 0.412 e. The molecule has 118 valence electrons. The minimum Gasteiger partial charge on any atom is -0.281 e. The van der Waals surface area contributed by atoms with E-state index in [1.807, 2.05) is 0 Å². The Hall–Kier alpha value is -0.980. The van der Waals surface area contributed by atoms with Crippen LogP contribution in [-0.2, 0) is 10.1 Å². The molecular formula is C7H3F9O3S. The van der Waals surface area contributed by atoms with Gasteiger partial charge in [0.1, 0.15) is 0 Å². The van der Waals surface area contributed by atoms with Gasteiger partial charge in [0.2, 0.25) is 0 Å². The molecule has 0 spiro atoms. The maximum Gasteiger partial charge on any atom is 0.412 e. The van der Waals surface area contributed by atoms with Gasteiger partial charge in [0, 0.05) is 0 Å². The third-order valence-electron chi connectivity index (χ3n) is 2.54. The fourth-order valence-electron chi connectivity index (χ4n) is 1.33. The Morgan fingerprint density at radius 1 is 0.850 bits per heavy atom. The molecule has 1 rings (SSSR count). The molecule has 0 heterocycles. The van der Waals surface area contributed by atoms with Crippen LogP contribution in [0.1, 0.15) is 0 Å². The molecule has 1 aliphatic rings. The summed E-state index contributed by atoms with van der Waals surface area (Å²) in [6.07, 6.45) is -2.72. The summed E-state index contributed by atoms with van der Waals surface area (Å²) in [5.74, 6) is -19.2. The van der Waals surface area contributed by atoms with E-state index >= 15 is 0 Å². The molecule has 1 aliphatic carbocycles. The van der Waals surface area contributed by atoms with Gasteiger partial charge >= 0.3 is 33.1 Å². The minimum absolute atomic E-state index is 1.32. The lowest BCUT2D eigenvalue weighted by Gasteiger charge is -2.43. The molecule has 0 aromatic carbocycles. The van der Waals surface area contributed by atoms with Gasteiger partial charge in [-0.3, -0.25) is 4.55 Å². The molecule has 0 aliphatic heterocycles. The molecule has 0 radical (unpaired) electrons. The van der Waals surface area contributed by atoms with Gasteiger partial charge in [0.25, 0.3) is 5.67 Å². The zero-order chi connectivity index (χ0) is 16.4. The van der Waals surface area contributed by atoms with Gasteiger partial charge in [-0.05, 0) is 12.2 Å². The molecule has 0 aromatic heterocycles. The molecule has 1 unspecified atom stereocenters. The number of allylic oxidation sites excluding steroid dienone is 2. The van der Waals surface area contributed by atoms with Gasteiger partial charge in [-0.25, -0.2) is 4.39 Å². The highest BCUT2D eigenvalue weighted by Crippen LogP contribution is 2.60. The predicted molar refractivity (Wildman–Crippen MR) is 44.3 cm³/mol. The van der Waals surface area contributed by atoms with Gasteiger partial charge in [-0.1, -0.05) is 0 Å². The van der Waals surface area contributed by atoms with Crippen LogP contribution in [0.15, 0.2) is 12.2 Å². The average Bonchev–Trinajstić information content (AvgIpc) is 2.21. The van der Waals surface area contributed by atoms with Crippen molar-refractivity contribution in [3.8, 4) is 0 Å². The van der Waals surface area contributed by atoms with Crippen molar-refractivity contribution in [2.24, 2.45) is 0 Å². The van der Waals surface area contributed by atoms with Crippen molar-refractivity contribution in [2.75, 3.05) is 0 Å².